The Morgan fingerprint density at radius 3 is 2.50 bits per heavy atom. The number of carbonyl (C=O) groups excluding carboxylic acids is 1. The quantitative estimate of drug-likeness (QED) is 0.513. The molecule has 46 valence electrons. The molecule has 1 atom stereocenters. The molecule has 0 amide bonds. The zero-order valence-electron chi connectivity index (χ0n) is 4.33. The third-order valence-corrected chi connectivity index (χ3v) is 0.607. The fourth-order valence-corrected chi connectivity index (χ4v) is 0.142. The lowest BCUT2D eigenvalue weighted by molar-refractivity contribution is -0.155. The Kier molecular flexibility index (Phi) is 2.61. The van der Waals surface area contributed by atoms with Gasteiger partial charge in [-0.3, -0.25) is 4.79 Å². The molecule has 0 saturated heterocycles. The van der Waals surface area contributed by atoms with Crippen LogP contribution in [0.3, 0.4) is 0 Å². The van der Waals surface area contributed by atoms with Crippen LogP contribution in [0.15, 0.2) is 0 Å². The van der Waals surface area contributed by atoms with E-state index in [1.807, 2.05) is 0 Å². The number of carboxylic acid groups (broad SMARTS) is 1. The summed E-state index contributed by atoms with van der Waals surface area (Å²) >= 11 is 0. The fraction of sp³-hybridized carbons (Fsp3) is 0.500. The van der Waals surface area contributed by atoms with Gasteiger partial charge in [-0.15, -0.1) is 0 Å². The number of carboxylic acids is 1. The van der Waals surface area contributed by atoms with E-state index in [2.05, 4.69) is 4.74 Å². The number of rotatable bonds is 3. The van der Waals surface area contributed by atoms with Crippen molar-refractivity contribution >= 4 is 12.4 Å². The standard InChI is InChI=1S/C4H6O4/c1-3(4(6)7)8-2-5/h2-3H,1H3,(H,6,7)/t3-/m0/s1. The lowest BCUT2D eigenvalue weighted by atomic mass is 10.4. The van der Waals surface area contributed by atoms with Crippen molar-refractivity contribution in [2.24, 2.45) is 0 Å². The summed E-state index contributed by atoms with van der Waals surface area (Å²) in [6.07, 6.45) is -1.03. The summed E-state index contributed by atoms with van der Waals surface area (Å²) in [6, 6.07) is 0. The van der Waals surface area contributed by atoms with E-state index < -0.39 is 12.1 Å². The van der Waals surface area contributed by atoms with Gasteiger partial charge in [-0.2, -0.15) is 0 Å². The predicted molar refractivity (Wildman–Crippen MR) is 24.2 cm³/mol. The summed E-state index contributed by atoms with van der Waals surface area (Å²) in [4.78, 5) is 19.2. The molecule has 1 N–H and O–H groups in total. The van der Waals surface area contributed by atoms with Crippen LogP contribution >= 0.6 is 0 Å². The molecule has 0 bridgehead atoms. The fourth-order valence-electron chi connectivity index (χ4n) is 0.142. The molecule has 4 heteroatoms. The molecule has 0 aliphatic carbocycles. The zero-order valence-corrected chi connectivity index (χ0v) is 4.33. The maximum Gasteiger partial charge on any atom is 0.344 e. The molecule has 0 spiro atoms. The maximum absolute atomic E-state index is 9.81. The minimum atomic E-state index is -1.14. The van der Waals surface area contributed by atoms with Gasteiger partial charge in [0.1, 0.15) is 0 Å². The van der Waals surface area contributed by atoms with Crippen molar-refractivity contribution in [2.45, 2.75) is 13.0 Å². The zero-order chi connectivity index (χ0) is 6.57. The SMILES string of the molecule is C[C@H](OC=O)C(=O)O. The van der Waals surface area contributed by atoms with E-state index in [0.29, 0.717) is 0 Å². The van der Waals surface area contributed by atoms with E-state index in [0.717, 1.165) is 0 Å². The Hall–Kier alpha value is -1.06. The Bertz CT molecular complexity index is 98.2. The molecule has 0 heterocycles. The number of hydrogen-bond donors (Lipinski definition) is 1. The first-order valence-electron chi connectivity index (χ1n) is 2.00. The highest BCUT2D eigenvalue weighted by Gasteiger charge is 2.08. The first-order chi connectivity index (χ1) is 3.68. The van der Waals surface area contributed by atoms with Gasteiger partial charge in [0, 0.05) is 0 Å². The second kappa shape index (κ2) is 3.01. The van der Waals surface area contributed by atoms with Gasteiger partial charge in [-0.1, -0.05) is 0 Å². The Morgan fingerprint density at radius 2 is 2.38 bits per heavy atom. The number of carbonyl (C=O) groups is 2. The summed E-state index contributed by atoms with van der Waals surface area (Å²) in [7, 11) is 0. The number of ether oxygens (including phenoxy) is 1. The largest absolute Gasteiger partial charge is 0.479 e. The van der Waals surface area contributed by atoms with Gasteiger partial charge in [0.2, 0.25) is 0 Å². The van der Waals surface area contributed by atoms with Crippen LogP contribution in [0.1, 0.15) is 6.92 Å². The van der Waals surface area contributed by atoms with E-state index in [1.165, 1.54) is 6.92 Å². The molecule has 8 heavy (non-hydrogen) atoms. The van der Waals surface area contributed by atoms with Crippen molar-refractivity contribution in [1.29, 1.82) is 0 Å². The lowest BCUT2D eigenvalue weighted by Gasteiger charge is -1.99. The van der Waals surface area contributed by atoms with Crippen LogP contribution in [-0.4, -0.2) is 23.7 Å². The van der Waals surface area contributed by atoms with E-state index in [-0.39, 0.29) is 6.47 Å². The molecule has 0 saturated carbocycles. The predicted octanol–water partition coefficient (Wildman–Crippen LogP) is -0.367. The minimum Gasteiger partial charge on any atom is -0.479 e. The van der Waals surface area contributed by atoms with Gasteiger partial charge < -0.3 is 9.84 Å². The molecule has 0 aliphatic rings. The molecule has 4 nitrogen and oxygen atoms in total. The lowest BCUT2D eigenvalue weighted by Crippen LogP contribution is -2.18. The maximum atomic E-state index is 9.81. The van der Waals surface area contributed by atoms with Crippen molar-refractivity contribution in [2.75, 3.05) is 0 Å². The summed E-state index contributed by atoms with van der Waals surface area (Å²) in [5.41, 5.74) is 0. The summed E-state index contributed by atoms with van der Waals surface area (Å²) in [5, 5.41) is 8.03. The highest BCUT2D eigenvalue weighted by molar-refractivity contribution is 5.72. The second-order valence-electron chi connectivity index (χ2n) is 1.21. The van der Waals surface area contributed by atoms with Crippen LogP contribution in [0, 0.1) is 0 Å². The summed E-state index contributed by atoms with van der Waals surface area (Å²) < 4.78 is 4.02. The van der Waals surface area contributed by atoms with Crippen LogP contribution in [0.4, 0.5) is 0 Å². The number of hydrogen-bond acceptors (Lipinski definition) is 3. The normalized spacial score (nSPS) is 12.1. The molecule has 0 radical (unpaired) electrons. The number of aliphatic carboxylic acids is 1. The van der Waals surface area contributed by atoms with E-state index in [1.54, 1.807) is 0 Å². The van der Waals surface area contributed by atoms with Crippen LogP contribution in [0.2, 0.25) is 0 Å². The van der Waals surface area contributed by atoms with Crippen LogP contribution in [0.25, 0.3) is 0 Å². The van der Waals surface area contributed by atoms with Crippen molar-refractivity contribution in [3.8, 4) is 0 Å². The van der Waals surface area contributed by atoms with Crippen LogP contribution < -0.4 is 0 Å². The van der Waals surface area contributed by atoms with Gasteiger partial charge in [0.25, 0.3) is 6.47 Å². The molecule has 0 rings (SSSR count). The van der Waals surface area contributed by atoms with Gasteiger partial charge in [-0.25, -0.2) is 4.79 Å². The molecule has 0 aromatic rings. The first-order valence-corrected chi connectivity index (χ1v) is 2.00. The van der Waals surface area contributed by atoms with E-state index >= 15 is 0 Å². The first kappa shape index (κ1) is 6.94. The molecular formula is C4H6O4. The molecule has 0 aromatic heterocycles. The van der Waals surface area contributed by atoms with E-state index in [9.17, 15) is 9.59 Å². The average Bonchev–Trinajstić information content (AvgIpc) is 1.67. The second-order valence-corrected chi connectivity index (χ2v) is 1.21. The highest BCUT2D eigenvalue weighted by Crippen LogP contribution is 1.84. The van der Waals surface area contributed by atoms with Crippen molar-refractivity contribution in [1.82, 2.24) is 0 Å². The summed E-state index contributed by atoms with van der Waals surface area (Å²) in [6.45, 7) is 1.38. The Labute approximate surface area is 46.1 Å². The van der Waals surface area contributed by atoms with Crippen molar-refractivity contribution < 1.29 is 19.4 Å². The van der Waals surface area contributed by atoms with E-state index in [4.69, 9.17) is 5.11 Å². The van der Waals surface area contributed by atoms with Crippen molar-refractivity contribution in [3.05, 3.63) is 0 Å². The molecular weight excluding hydrogens is 112 g/mol. The molecule has 0 unspecified atom stereocenters. The monoisotopic (exact) mass is 118 g/mol. The molecule has 0 fully saturated rings. The highest BCUT2D eigenvalue weighted by atomic mass is 16.5. The molecule has 0 aliphatic heterocycles. The smallest absolute Gasteiger partial charge is 0.344 e. The third kappa shape index (κ3) is 2.17. The van der Waals surface area contributed by atoms with Crippen LogP contribution in [-0.2, 0) is 14.3 Å². The third-order valence-electron chi connectivity index (χ3n) is 0.607. The summed E-state index contributed by atoms with van der Waals surface area (Å²) in [5.74, 6) is -1.14. The average molecular weight is 118 g/mol. The Morgan fingerprint density at radius 1 is 1.88 bits per heavy atom. The van der Waals surface area contributed by atoms with Gasteiger partial charge in [0.15, 0.2) is 6.10 Å². The molecule has 0 aromatic carbocycles. The Balaban J connectivity index is 3.46. The van der Waals surface area contributed by atoms with Gasteiger partial charge in [0.05, 0.1) is 0 Å². The minimum absolute atomic E-state index is 0.110. The topological polar surface area (TPSA) is 63.6 Å². The van der Waals surface area contributed by atoms with Gasteiger partial charge >= 0.3 is 5.97 Å². The van der Waals surface area contributed by atoms with Gasteiger partial charge in [-0.05, 0) is 6.92 Å². The van der Waals surface area contributed by atoms with Crippen LogP contribution in [0.5, 0.6) is 0 Å². The van der Waals surface area contributed by atoms with Crippen molar-refractivity contribution in [3.63, 3.8) is 0 Å².